The summed E-state index contributed by atoms with van der Waals surface area (Å²) < 4.78 is 7.37. The van der Waals surface area contributed by atoms with Gasteiger partial charge in [0, 0.05) is 39.7 Å². The Labute approximate surface area is 208 Å². The molecule has 2 atom stereocenters. The van der Waals surface area contributed by atoms with E-state index in [2.05, 4.69) is 71.7 Å². The van der Waals surface area contributed by atoms with E-state index in [0.717, 1.165) is 45.5 Å². The number of ether oxygens (including phenoxy) is 1. The summed E-state index contributed by atoms with van der Waals surface area (Å²) >= 11 is 5.28. The summed E-state index contributed by atoms with van der Waals surface area (Å²) in [5, 5.41) is 9.12. The highest BCUT2D eigenvalue weighted by Crippen LogP contribution is 2.42. The molecule has 0 bridgehead atoms. The van der Waals surface area contributed by atoms with Crippen LogP contribution in [0.15, 0.2) is 64.1 Å². The van der Waals surface area contributed by atoms with Crippen LogP contribution in [0.3, 0.4) is 0 Å². The third kappa shape index (κ3) is 5.61. The first-order chi connectivity index (χ1) is 15.8. The lowest BCUT2D eigenvalue weighted by atomic mass is 9.89. The van der Waals surface area contributed by atoms with Gasteiger partial charge in [0.15, 0.2) is 0 Å². The maximum atomic E-state index is 11.1. The first kappa shape index (κ1) is 23.8. The van der Waals surface area contributed by atoms with Crippen molar-refractivity contribution in [3.63, 3.8) is 0 Å². The summed E-state index contributed by atoms with van der Waals surface area (Å²) in [6, 6.07) is 6.26. The van der Waals surface area contributed by atoms with Crippen molar-refractivity contribution in [3.05, 3.63) is 81.5 Å². The molecule has 2 heterocycles. The molecular formula is C27H28BrNO3S. The van der Waals surface area contributed by atoms with Gasteiger partial charge in [-0.05, 0) is 72.2 Å². The molecule has 0 saturated carbocycles. The van der Waals surface area contributed by atoms with Crippen LogP contribution in [0.25, 0.3) is 5.57 Å². The molecule has 1 aromatic carbocycles. The lowest BCUT2D eigenvalue weighted by molar-refractivity contribution is -0.137. The SMILES string of the molecule is C=C1CCC(Oc2cc3c(cn2)[C@H](CC(=O)O)CS3)C/C=C\C=C1c1c(C)cc(Br)cc1C. The number of aryl methyl sites for hydroxylation is 2. The Bertz CT molecular complexity index is 1130. The molecule has 0 fully saturated rings. The predicted molar refractivity (Wildman–Crippen MR) is 138 cm³/mol. The fraction of sp³-hybridized carbons (Fsp3) is 0.333. The molecule has 2 aromatic rings. The van der Waals surface area contributed by atoms with Gasteiger partial charge in [0.25, 0.3) is 0 Å². The molecule has 0 radical (unpaired) electrons. The highest BCUT2D eigenvalue weighted by molar-refractivity contribution is 9.10. The maximum Gasteiger partial charge on any atom is 0.303 e. The number of carboxylic acids is 1. The topological polar surface area (TPSA) is 59.4 Å². The number of fused-ring (bicyclic) bond motifs is 1. The van der Waals surface area contributed by atoms with Crippen molar-refractivity contribution in [1.29, 1.82) is 0 Å². The van der Waals surface area contributed by atoms with E-state index in [-0.39, 0.29) is 18.4 Å². The van der Waals surface area contributed by atoms with Crippen molar-refractivity contribution in [1.82, 2.24) is 4.98 Å². The first-order valence-corrected chi connectivity index (χ1v) is 12.9. The van der Waals surface area contributed by atoms with Gasteiger partial charge in [-0.25, -0.2) is 4.98 Å². The van der Waals surface area contributed by atoms with Crippen molar-refractivity contribution in [2.75, 3.05) is 5.75 Å². The highest BCUT2D eigenvalue weighted by atomic mass is 79.9. The number of hydrogen-bond donors (Lipinski definition) is 1. The number of benzene rings is 1. The van der Waals surface area contributed by atoms with Crippen molar-refractivity contribution >= 4 is 39.2 Å². The minimum Gasteiger partial charge on any atom is -0.481 e. The molecule has 172 valence electrons. The van der Waals surface area contributed by atoms with Gasteiger partial charge in [-0.1, -0.05) is 40.7 Å². The smallest absolute Gasteiger partial charge is 0.303 e. The molecule has 1 N–H and O–H groups in total. The Kier molecular flexibility index (Phi) is 7.45. The van der Waals surface area contributed by atoms with E-state index in [4.69, 9.17) is 9.84 Å². The minimum absolute atomic E-state index is 0.00429. The fourth-order valence-corrected chi connectivity index (χ4v) is 6.49. The number of aromatic nitrogens is 1. The zero-order valence-corrected chi connectivity index (χ0v) is 21.3. The zero-order valence-electron chi connectivity index (χ0n) is 18.9. The van der Waals surface area contributed by atoms with Crippen LogP contribution in [-0.4, -0.2) is 27.9 Å². The molecule has 4 rings (SSSR count). The lowest BCUT2D eigenvalue weighted by Crippen LogP contribution is -2.16. The van der Waals surface area contributed by atoms with Gasteiger partial charge in [-0.2, -0.15) is 0 Å². The second-order valence-corrected chi connectivity index (χ2v) is 10.7. The number of rotatable bonds is 5. The van der Waals surface area contributed by atoms with Crippen molar-refractivity contribution in [2.24, 2.45) is 0 Å². The van der Waals surface area contributed by atoms with Crippen LogP contribution in [0.5, 0.6) is 5.88 Å². The monoisotopic (exact) mass is 525 g/mol. The third-order valence-corrected chi connectivity index (χ3v) is 7.86. The number of allylic oxidation sites excluding steroid dienone is 4. The summed E-state index contributed by atoms with van der Waals surface area (Å²) in [6.45, 7) is 8.69. The molecule has 0 saturated heterocycles. The Morgan fingerprint density at radius 2 is 2.06 bits per heavy atom. The normalized spacial score (nSPS) is 21.4. The molecule has 0 amide bonds. The second kappa shape index (κ2) is 10.3. The number of thioether (sulfide) groups is 1. The van der Waals surface area contributed by atoms with Gasteiger partial charge in [0.2, 0.25) is 5.88 Å². The van der Waals surface area contributed by atoms with Gasteiger partial charge in [-0.3, -0.25) is 4.79 Å². The standard InChI is InChI=1S/C27H28BrNO3S/c1-16-8-9-21(6-4-5-7-22(16)27-17(2)10-20(28)11-18(27)3)32-25-13-24-23(14-29-25)19(15-33-24)12-26(30)31/h4-5,7,10-11,13-14,19,21H,1,6,8-9,12,15H2,2-3H3,(H,30,31)/b5-4-,22-7?/t19-,21?/m1/s1. The summed E-state index contributed by atoms with van der Waals surface area (Å²) in [4.78, 5) is 16.7. The van der Waals surface area contributed by atoms with Crippen LogP contribution in [-0.2, 0) is 4.79 Å². The van der Waals surface area contributed by atoms with Gasteiger partial charge in [0.05, 0.1) is 6.42 Å². The Morgan fingerprint density at radius 3 is 2.79 bits per heavy atom. The molecule has 1 aliphatic heterocycles. The van der Waals surface area contributed by atoms with Gasteiger partial charge >= 0.3 is 5.97 Å². The molecule has 6 heteroatoms. The van der Waals surface area contributed by atoms with E-state index in [1.54, 1.807) is 18.0 Å². The zero-order chi connectivity index (χ0) is 23.5. The number of pyridine rings is 1. The quantitative estimate of drug-likeness (QED) is 0.445. The summed E-state index contributed by atoms with van der Waals surface area (Å²) in [5.74, 6) is 0.638. The molecule has 1 aliphatic carbocycles. The van der Waals surface area contributed by atoms with Crippen molar-refractivity contribution < 1.29 is 14.6 Å². The van der Waals surface area contributed by atoms with E-state index in [9.17, 15) is 4.79 Å². The number of carbonyl (C=O) groups is 1. The first-order valence-electron chi connectivity index (χ1n) is 11.1. The van der Waals surface area contributed by atoms with E-state index in [0.29, 0.717) is 5.88 Å². The fourth-order valence-electron chi connectivity index (χ4n) is 4.56. The molecule has 1 aromatic heterocycles. The Balaban J connectivity index is 1.46. The van der Waals surface area contributed by atoms with Crippen LogP contribution in [0, 0.1) is 13.8 Å². The van der Waals surface area contributed by atoms with Crippen LogP contribution in [0.2, 0.25) is 0 Å². The number of hydrogen-bond acceptors (Lipinski definition) is 4. The summed E-state index contributed by atoms with van der Waals surface area (Å²) in [6.07, 6.45) is 10.8. The van der Waals surface area contributed by atoms with Gasteiger partial charge in [-0.15, -0.1) is 11.8 Å². The van der Waals surface area contributed by atoms with E-state index >= 15 is 0 Å². The molecular weight excluding hydrogens is 498 g/mol. The second-order valence-electron chi connectivity index (χ2n) is 8.71. The van der Waals surface area contributed by atoms with Crippen LogP contribution in [0.4, 0.5) is 0 Å². The van der Waals surface area contributed by atoms with E-state index in [1.165, 1.54) is 22.3 Å². The van der Waals surface area contributed by atoms with Gasteiger partial charge < -0.3 is 9.84 Å². The predicted octanol–water partition coefficient (Wildman–Crippen LogP) is 7.25. The largest absolute Gasteiger partial charge is 0.481 e. The van der Waals surface area contributed by atoms with Crippen molar-refractivity contribution in [3.8, 4) is 5.88 Å². The maximum absolute atomic E-state index is 11.1. The molecule has 1 unspecified atom stereocenters. The van der Waals surface area contributed by atoms with E-state index in [1.807, 2.05) is 6.07 Å². The molecule has 4 nitrogen and oxygen atoms in total. The number of nitrogens with zero attached hydrogens (tertiary/aromatic N) is 1. The Morgan fingerprint density at radius 1 is 1.30 bits per heavy atom. The van der Waals surface area contributed by atoms with Crippen LogP contribution >= 0.6 is 27.7 Å². The van der Waals surface area contributed by atoms with Crippen molar-refractivity contribution in [2.45, 2.75) is 56.4 Å². The number of halogens is 1. The van der Waals surface area contributed by atoms with Crippen LogP contribution < -0.4 is 4.74 Å². The number of carboxylic acid groups (broad SMARTS) is 1. The summed E-state index contributed by atoms with van der Waals surface area (Å²) in [5.41, 5.74) is 7.03. The van der Waals surface area contributed by atoms with Gasteiger partial charge in [0.1, 0.15) is 6.10 Å². The van der Waals surface area contributed by atoms with E-state index < -0.39 is 5.97 Å². The average Bonchev–Trinajstić information content (AvgIpc) is 3.16. The average molecular weight is 526 g/mol. The Hall–Kier alpha value is -2.31. The third-order valence-electron chi connectivity index (χ3n) is 6.17. The molecule has 0 spiro atoms. The highest BCUT2D eigenvalue weighted by Gasteiger charge is 2.27. The molecule has 33 heavy (non-hydrogen) atoms. The minimum atomic E-state index is -0.770. The summed E-state index contributed by atoms with van der Waals surface area (Å²) in [7, 11) is 0. The number of aliphatic carboxylic acids is 1. The lowest BCUT2D eigenvalue weighted by Gasteiger charge is -2.20. The van der Waals surface area contributed by atoms with Crippen LogP contribution in [0.1, 0.15) is 53.9 Å². The molecule has 2 aliphatic rings.